The number of aromatic nitrogens is 1. The number of nitrogens with zero attached hydrogens (tertiary/aromatic N) is 1. The van der Waals surface area contributed by atoms with Crippen LogP contribution in [0, 0.1) is 5.82 Å². The predicted octanol–water partition coefficient (Wildman–Crippen LogP) is 3.52. The Hall–Kier alpha value is -1.85. The second kappa shape index (κ2) is 7.24. The van der Waals surface area contributed by atoms with Crippen molar-refractivity contribution in [1.29, 1.82) is 0 Å². The van der Waals surface area contributed by atoms with Crippen molar-refractivity contribution in [1.82, 2.24) is 4.98 Å². The molecule has 0 fully saturated rings. The van der Waals surface area contributed by atoms with E-state index in [1.807, 2.05) is 6.92 Å². The van der Waals surface area contributed by atoms with Crippen molar-refractivity contribution in [3.63, 3.8) is 0 Å². The molecule has 1 aromatic carbocycles. The van der Waals surface area contributed by atoms with Gasteiger partial charge in [-0.25, -0.2) is 9.37 Å². The highest BCUT2D eigenvalue weighted by atomic mass is 35.5. The third-order valence-corrected chi connectivity index (χ3v) is 3.21. The van der Waals surface area contributed by atoms with E-state index in [0.717, 1.165) is 0 Å². The van der Waals surface area contributed by atoms with Gasteiger partial charge in [0.1, 0.15) is 17.5 Å². The van der Waals surface area contributed by atoms with Crippen molar-refractivity contribution in [3.05, 3.63) is 46.9 Å². The zero-order valence-corrected chi connectivity index (χ0v) is 12.5. The first-order valence-corrected chi connectivity index (χ1v) is 7.06. The largest absolute Gasteiger partial charge is 0.492 e. The van der Waals surface area contributed by atoms with Gasteiger partial charge in [-0.2, -0.15) is 0 Å². The number of pyridine rings is 1. The summed E-state index contributed by atoms with van der Waals surface area (Å²) in [5.41, 5.74) is 6.74. The molecular weight excluding hydrogens is 293 g/mol. The Morgan fingerprint density at radius 3 is 2.67 bits per heavy atom. The van der Waals surface area contributed by atoms with Gasteiger partial charge in [0.2, 0.25) is 0 Å². The molecule has 2 rings (SSSR count). The van der Waals surface area contributed by atoms with Gasteiger partial charge < -0.3 is 15.8 Å². The van der Waals surface area contributed by atoms with Gasteiger partial charge in [0.05, 0.1) is 0 Å². The highest BCUT2D eigenvalue weighted by Gasteiger charge is 2.09. The Morgan fingerprint density at radius 2 is 2.05 bits per heavy atom. The van der Waals surface area contributed by atoms with Gasteiger partial charge in [0.15, 0.2) is 11.6 Å². The van der Waals surface area contributed by atoms with Crippen molar-refractivity contribution >= 4 is 23.1 Å². The minimum atomic E-state index is -0.431. The van der Waals surface area contributed by atoms with Gasteiger partial charge in [-0.1, -0.05) is 18.5 Å². The number of anilines is 2. The van der Waals surface area contributed by atoms with E-state index < -0.39 is 5.82 Å². The summed E-state index contributed by atoms with van der Waals surface area (Å²) in [4.78, 5) is 4.04. The smallest absolute Gasteiger partial charge is 0.168 e. The third kappa shape index (κ3) is 4.06. The second-order valence-corrected chi connectivity index (χ2v) is 4.77. The normalized spacial score (nSPS) is 10.5. The van der Waals surface area contributed by atoms with Gasteiger partial charge in [0, 0.05) is 12.2 Å². The van der Waals surface area contributed by atoms with Crippen LogP contribution in [-0.4, -0.2) is 18.1 Å². The molecule has 0 atom stereocenters. The topological polar surface area (TPSA) is 60.2 Å². The fourth-order valence-corrected chi connectivity index (χ4v) is 2.06. The number of aryl methyl sites for hydroxylation is 1. The lowest BCUT2D eigenvalue weighted by Crippen LogP contribution is -2.10. The average Bonchev–Trinajstić information content (AvgIpc) is 2.50. The molecule has 4 nitrogen and oxygen atoms in total. The van der Waals surface area contributed by atoms with Crippen LogP contribution in [0.2, 0.25) is 5.15 Å². The van der Waals surface area contributed by atoms with Crippen molar-refractivity contribution in [2.24, 2.45) is 5.73 Å². The fraction of sp³-hybridized carbons (Fsp3) is 0.267. The second-order valence-electron chi connectivity index (χ2n) is 4.41. The first kappa shape index (κ1) is 15.5. The van der Waals surface area contributed by atoms with Gasteiger partial charge in [-0.15, -0.1) is 0 Å². The molecule has 0 saturated heterocycles. The Balaban J connectivity index is 2.12. The highest BCUT2D eigenvalue weighted by molar-refractivity contribution is 6.30. The Morgan fingerprint density at radius 1 is 1.33 bits per heavy atom. The summed E-state index contributed by atoms with van der Waals surface area (Å²) in [5.74, 6) is 0.381. The van der Waals surface area contributed by atoms with E-state index in [1.54, 1.807) is 24.3 Å². The van der Waals surface area contributed by atoms with Crippen molar-refractivity contribution < 1.29 is 9.13 Å². The van der Waals surface area contributed by atoms with Crippen molar-refractivity contribution in [2.75, 3.05) is 18.5 Å². The standard InChI is InChI=1S/C15H17ClFN3O/c1-2-10-9-13(17)15(20-14(10)16)19-11-3-5-12(6-4-11)21-8-7-18/h3-6,9H,2,7-8,18H2,1H3,(H,19,20). The van der Waals surface area contributed by atoms with Crippen LogP contribution in [0.3, 0.4) is 0 Å². The molecule has 0 amide bonds. The summed E-state index contributed by atoms with van der Waals surface area (Å²) in [6.45, 7) is 2.81. The van der Waals surface area contributed by atoms with E-state index in [4.69, 9.17) is 22.1 Å². The van der Waals surface area contributed by atoms with Crippen LogP contribution in [0.5, 0.6) is 5.75 Å². The van der Waals surface area contributed by atoms with Crippen LogP contribution in [-0.2, 0) is 6.42 Å². The maximum absolute atomic E-state index is 13.9. The Kier molecular flexibility index (Phi) is 5.36. The molecule has 1 aromatic heterocycles. The molecule has 0 aliphatic rings. The summed E-state index contributed by atoms with van der Waals surface area (Å²) in [6, 6.07) is 8.50. The molecule has 21 heavy (non-hydrogen) atoms. The Bertz CT molecular complexity index is 605. The van der Waals surface area contributed by atoms with Crippen LogP contribution in [0.4, 0.5) is 15.9 Å². The number of hydrogen-bond donors (Lipinski definition) is 2. The summed E-state index contributed by atoms with van der Waals surface area (Å²) < 4.78 is 19.3. The lowest BCUT2D eigenvalue weighted by atomic mass is 10.2. The molecule has 0 saturated carbocycles. The predicted molar refractivity (Wildman–Crippen MR) is 82.9 cm³/mol. The van der Waals surface area contributed by atoms with E-state index >= 15 is 0 Å². The van der Waals surface area contributed by atoms with Crippen LogP contribution >= 0.6 is 11.6 Å². The molecule has 0 aliphatic carbocycles. The zero-order chi connectivity index (χ0) is 15.2. The van der Waals surface area contributed by atoms with Gasteiger partial charge in [-0.05, 0) is 42.3 Å². The number of ether oxygens (including phenoxy) is 1. The summed E-state index contributed by atoms with van der Waals surface area (Å²) in [7, 11) is 0. The minimum absolute atomic E-state index is 0.104. The number of nitrogens with one attached hydrogen (secondary N) is 1. The van der Waals surface area contributed by atoms with Crippen molar-refractivity contribution in [2.45, 2.75) is 13.3 Å². The fourth-order valence-electron chi connectivity index (χ4n) is 1.79. The minimum Gasteiger partial charge on any atom is -0.492 e. The van der Waals surface area contributed by atoms with Crippen molar-refractivity contribution in [3.8, 4) is 5.75 Å². The van der Waals surface area contributed by atoms with E-state index in [1.165, 1.54) is 6.07 Å². The molecule has 0 unspecified atom stereocenters. The van der Waals surface area contributed by atoms with Crippen LogP contribution < -0.4 is 15.8 Å². The maximum Gasteiger partial charge on any atom is 0.168 e. The first-order valence-electron chi connectivity index (χ1n) is 6.69. The summed E-state index contributed by atoms with van der Waals surface area (Å²) in [5, 5.41) is 3.21. The van der Waals surface area contributed by atoms with Crippen LogP contribution in [0.1, 0.15) is 12.5 Å². The molecule has 0 radical (unpaired) electrons. The van der Waals surface area contributed by atoms with E-state index in [-0.39, 0.29) is 5.82 Å². The third-order valence-electron chi connectivity index (χ3n) is 2.89. The van der Waals surface area contributed by atoms with E-state index in [0.29, 0.717) is 41.7 Å². The molecule has 0 aliphatic heterocycles. The molecule has 112 valence electrons. The Labute approximate surface area is 128 Å². The zero-order valence-electron chi connectivity index (χ0n) is 11.7. The van der Waals surface area contributed by atoms with Gasteiger partial charge in [-0.3, -0.25) is 0 Å². The van der Waals surface area contributed by atoms with Crippen LogP contribution in [0.15, 0.2) is 30.3 Å². The summed E-state index contributed by atoms with van der Waals surface area (Å²) in [6.07, 6.45) is 0.635. The first-order chi connectivity index (χ1) is 10.1. The molecule has 6 heteroatoms. The molecule has 0 bridgehead atoms. The van der Waals surface area contributed by atoms with Crippen LogP contribution in [0.25, 0.3) is 0 Å². The maximum atomic E-state index is 13.9. The van der Waals surface area contributed by atoms with E-state index in [2.05, 4.69) is 10.3 Å². The van der Waals surface area contributed by atoms with Gasteiger partial charge in [0.25, 0.3) is 0 Å². The lowest BCUT2D eigenvalue weighted by Gasteiger charge is -2.10. The number of benzene rings is 1. The molecular formula is C15H17ClFN3O. The monoisotopic (exact) mass is 309 g/mol. The number of nitrogens with two attached hydrogens (primary N) is 1. The lowest BCUT2D eigenvalue weighted by molar-refractivity contribution is 0.328. The number of rotatable bonds is 6. The summed E-state index contributed by atoms with van der Waals surface area (Å²) >= 11 is 6.00. The number of halogens is 2. The van der Waals surface area contributed by atoms with Gasteiger partial charge >= 0.3 is 0 Å². The quantitative estimate of drug-likeness (QED) is 0.802. The molecule has 2 aromatic rings. The molecule has 0 spiro atoms. The van der Waals surface area contributed by atoms with E-state index in [9.17, 15) is 4.39 Å². The molecule has 1 heterocycles. The SMILES string of the molecule is CCc1cc(F)c(Nc2ccc(OCCN)cc2)nc1Cl. The number of hydrogen-bond acceptors (Lipinski definition) is 4. The average molecular weight is 310 g/mol. The highest BCUT2D eigenvalue weighted by Crippen LogP contribution is 2.24. The molecule has 3 N–H and O–H groups in total.